The highest BCUT2D eigenvalue weighted by atomic mass is 32.1. The van der Waals surface area contributed by atoms with Crippen molar-refractivity contribution >= 4 is 11.3 Å². The Bertz CT molecular complexity index is 583. The van der Waals surface area contributed by atoms with Crippen LogP contribution in [-0.4, -0.2) is 25.2 Å². The van der Waals surface area contributed by atoms with Crippen molar-refractivity contribution in [2.75, 3.05) is 20.3 Å². The Kier molecular flexibility index (Phi) is 5.59. The molecule has 0 bridgehead atoms. The van der Waals surface area contributed by atoms with E-state index in [1.54, 1.807) is 11.3 Å². The maximum Gasteiger partial charge on any atom is 0.161 e. The van der Waals surface area contributed by atoms with Crippen molar-refractivity contribution in [1.82, 2.24) is 10.3 Å². The van der Waals surface area contributed by atoms with Crippen LogP contribution in [0.4, 0.5) is 0 Å². The van der Waals surface area contributed by atoms with Crippen LogP contribution in [0.15, 0.2) is 24.4 Å². The van der Waals surface area contributed by atoms with Crippen molar-refractivity contribution < 1.29 is 9.47 Å². The molecular weight excluding hydrogens is 284 g/mol. The maximum absolute atomic E-state index is 5.70. The Morgan fingerprint density at radius 3 is 2.48 bits per heavy atom. The lowest BCUT2D eigenvalue weighted by Crippen LogP contribution is -2.16. The summed E-state index contributed by atoms with van der Waals surface area (Å²) in [5, 5.41) is 4.41. The summed E-state index contributed by atoms with van der Waals surface area (Å²) >= 11 is 1.70. The second kappa shape index (κ2) is 7.43. The molecule has 0 aliphatic rings. The van der Waals surface area contributed by atoms with Crippen LogP contribution in [0.25, 0.3) is 0 Å². The number of thiazole rings is 1. The van der Waals surface area contributed by atoms with Gasteiger partial charge in [-0.15, -0.1) is 11.3 Å². The van der Waals surface area contributed by atoms with E-state index in [0.717, 1.165) is 22.1 Å². The van der Waals surface area contributed by atoms with Gasteiger partial charge in [-0.2, -0.15) is 0 Å². The van der Waals surface area contributed by atoms with Crippen molar-refractivity contribution in [2.24, 2.45) is 0 Å². The summed E-state index contributed by atoms with van der Waals surface area (Å²) in [6, 6.07) is 6.21. The molecule has 1 heterocycles. The van der Waals surface area contributed by atoms with E-state index in [1.165, 1.54) is 4.88 Å². The monoisotopic (exact) mass is 306 g/mol. The molecule has 1 unspecified atom stereocenters. The van der Waals surface area contributed by atoms with Gasteiger partial charge >= 0.3 is 0 Å². The van der Waals surface area contributed by atoms with Gasteiger partial charge in [-0.3, -0.25) is 0 Å². The summed E-state index contributed by atoms with van der Waals surface area (Å²) in [5.41, 5.74) is 1.15. The number of aromatic nitrogens is 1. The lowest BCUT2D eigenvalue weighted by Gasteiger charge is -2.18. The lowest BCUT2D eigenvalue weighted by atomic mass is 10.1. The molecule has 1 aromatic heterocycles. The fourth-order valence-corrected chi connectivity index (χ4v) is 3.16. The number of nitrogens with one attached hydrogen (secondary N) is 1. The molecule has 1 atom stereocenters. The van der Waals surface area contributed by atoms with Gasteiger partial charge in [0.05, 0.1) is 24.3 Å². The van der Waals surface area contributed by atoms with Gasteiger partial charge in [0, 0.05) is 11.1 Å². The number of hydrogen-bond acceptors (Lipinski definition) is 5. The quantitative estimate of drug-likeness (QED) is 0.849. The van der Waals surface area contributed by atoms with Gasteiger partial charge in [-0.25, -0.2) is 4.98 Å². The summed E-state index contributed by atoms with van der Waals surface area (Å²) < 4.78 is 11.3. The molecule has 0 spiro atoms. The molecule has 1 aromatic carbocycles. The Labute approximate surface area is 130 Å². The molecule has 0 saturated carbocycles. The molecule has 0 saturated heterocycles. The Morgan fingerprint density at radius 1 is 1.19 bits per heavy atom. The molecule has 5 heteroatoms. The van der Waals surface area contributed by atoms with Crippen LogP contribution in [0.3, 0.4) is 0 Å². The molecule has 2 rings (SSSR count). The minimum absolute atomic E-state index is 0.117. The van der Waals surface area contributed by atoms with Crippen molar-refractivity contribution in [3.05, 3.63) is 39.8 Å². The topological polar surface area (TPSA) is 43.4 Å². The molecule has 0 aliphatic carbocycles. The predicted octanol–water partition coefficient (Wildman–Crippen LogP) is 3.56. The van der Waals surface area contributed by atoms with Crippen LogP contribution in [0.2, 0.25) is 0 Å². The second-order valence-electron chi connectivity index (χ2n) is 4.58. The first kappa shape index (κ1) is 15.8. The van der Waals surface area contributed by atoms with Crippen LogP contribution in [0.1, 0.15) is 35.3 Å². The van der Waals surface area contributed by atoms with Crippen molar-refractivity contribution in [3.63, 3.8) is 0 Å². The highest BCUT2D eigenvalue weighted by molar-refractivity contribution is 7.11. The Hall–Kier alpha value is -1.59. The molecule has 0 amide bonds. The molecule has 4 nitrogen and oxygen atoms in total. The van der Waals surface area contributed by atoms with Gasteiger partial charge in [0.15, 0.2) is 11.5 Å². The van der Waals surface area contributed by atoms with Gasteiger partial charge < -0.3 is 14.8 Å². The van der Waals surface area contributed by atoms with Crippen LogP contribution in [-0.2, 0) is 0 Å². The van der Waals surface area contributed by atoms with E-state index < -0.39 is 0 Å². The zero-order valence-electron chi connectivity index (χ0n) is 13.0. The number of aryl methyl sites for hydroxylation is 1. The molecule has 114 valence electrons. The first-order valence-electron chi connectivity index (χ1n) is 7.18. The van der Waals surface area contributed by atoms with E-state index in [-0.39, 0.29) is 6.04 Å². The first-order valence-corrected chi connectivity index (χ1v) is 8.00. The molecule has 2 aromatic rings. The summed E-state index contributed by atoms with van der Waals surface area (Å²) in [6.45, 7) is 7.21. The minimum Gasteiger partial charge on any atom is -0.490 e. The Morgan fingerprint density at radius 2 is 1.90 bits per heavy atom. The van der Waals surface area contributed by atoms with Gasteiger partial charge in [0.2, 0.25) is 0 Å². The van der Waals surface area contributed by atoms with Crippen molar-refractivity contribution in [1.29, 1.82) is 0 Å². The average Bonchev–Trinajstić information content (AvgIpc) is 2.89. The largest absolute Gasteiger partial charge is 0.490 e. The summed E-state index contributed by atoms with van der Waals surface area (Å²) in [6.07, 6.45) is 1.93. The van der Waals surface area contributed by atoms with Crippen molar-refractivity contribution in [3.8, 4) is 11.5 Å². The second-order valence-corrected chi connectivity index (χ2v) is 5.84. The minimum atomic E-state index is 0.117. The maximum atomic E-state index is 5.70. The standard InChI is InChI=1S/C16H22N2O2S/c1-5-19-13-8-7-12(9-14(13)20-6-2)16(17-4)15-10-18-11(3)21-15/h7-10,16-17H,5-6H2,1-4H3. The molecular formula is C16H22N2O2S. The lowest BCUT2D eigenvalue weighted by molar-refractivity contribution is 0.287. The number of nitrogens with zero attached hydrogens (tertiary/aromatic N) is 1. The van der Waals surface area contributed by atoms with E-state index in [9.17, 15) is 0 Å². The van der Waals surface area contributed by atoms with Crippen LogP contribution >= 0.6 is 11.3 Å². The number of benzene rings is 1. The zero-order chi connectivity index (χ0) is 15.2. The zero-order valence-corrected chi connectivity index (χ0v) is 13.8. The van der Waals surface area contributed by atoms with Crippen LogP contribution < -0.4 is 14.8 Å². The van der Waals surface area contributed by atoms with E-state index in [4.69, 9.17) is 9.47 Å². The predicted molar refractivity (Wildman–Crippen MR) is 86.5 cm³/mol. The smallest absolute Gasteiger partial charge is 0.161 e. The fraction of sp³-hybridized carbons (Fsp3) is 0.438. The summed E-state index contributed by atoms with van der Waals surface area (Å²) in [5.74, 6) is 1.58. The molecule has 0 aliphatic heterocycles. The van der Waals surface area contributed by atoms with Crippen LogP contribution in [0.5, 0.6) is 11.5 Å². The summed E-state index contributed by atoms with van der Waals surface area (Å²) in [7, 11) is 1.95. The third kappa shape index (κ3) is 3.74. The number of rotatable bonds is 7. The average molecular weight is 306 g/mol. The molecule has 1 N–H and O–H groups in total. The Balaban J connectivity index is 2.35. The number of hydrogen-bond donors (Lipinski definition) is 1. The normalized spacial score (nSPS) is 12.2. The highest BCUT2D eigenvalue weighted by Crippen LogP contribution is 2.34. The first-order chi connectivity index (χ1) is 10.2. The van der Waals surface area contributed by atoms with E-state index in [2.05, 4.69) is 16.4 Å². The number of ether oxygens (including phenoxy) is 2. The van der Waals surface area contributed by atoms with Crippen LogP contribution in [0, 0.1) is 6.92 Å². The molecule has 21 heavy (non-hydrogen) atoms. The third-order valence-corrected chi connectivity index (χ3v) is 4.09. The van der Waals surface area contributed by atoms with Gasteiger partial charge in [-0.1, -0.05) is 6.07 Å². The van der Waals surface area contributed by atoms with Gasteiger partial charge in [-0.05, 0) is 45.5 Å². The SMILES string of the molecule is CCOc1ccc(C(NC)c2cnc(C)s2)cc1OCC. The van der Waals surface area contributed by atoms with Crippen molar-refractivity contribution in [2.45, 2.75) is 26.8 Å². The van der Waals surface area contributed by atoms with E-state index in [1.807, 2.05) is 46.1 Å². The van der Waals surface area contributed by atoms with Gasteiger partial charge in [0.1, 0.15) is 0 Å². The molecule has 0 fully saturated rings. The van der Waals surface area contributed by atoms with Gasteiger partial charge in [0.25, 0.3) is 0 Å². The third-order valence-electron chi connectivity index (χ3n) is 3.11. The highest BCUT2D eigenvalue weighted by Gasteiger charge is 2.17. The fourth-order valence-electron chi connectivity index (χ4n) is 2.23. The summed E-state index contributed by atoms with van der Waals surface area (Å²) in [4.78, 5) is 5.54. The molecule has 0 radical (unpaired) electrons. The van der Waals surface area contributed by atoms with E-state index >= 15 is 0 Å². The van der Waals surface area contributed by atoms with E-state index in [0.29, 0.717) is 13.2 Å².